The lowest BCUT2D eigenvalue weighted by Crippen LogP contribution is -2.30. The molecule has 3 aromatic rings. The Bertz CT molecular complexity index is 1190. The van der Waals surface area contributed by atoms with Crippen LogP contribution in [0.5, 0.6) is 5.75 Å². The van der Waals surface area contributed by atoms with Crippen molar-refractivity contribution < 1.29 is 14.3 Å². The van der Waals surface area contributed by atoms with Gasteiger partial charge >= 0.3 is 0 Å². The van der Waals surface area contributed by atoms with Gasteiger partial charge in [0.05, 0.1) is 12.1 Å². The van der Waals surface area contributed by atoms with Gasteiger partial charge in [0.15, 0.2) is 0 Å². The minimum absolute atomic E-state index is 0.0249. The predicted molar refractivity (Wildman–Crippen MR) is 130 cm³/mol. The molecule has 2 amide bonds. The van der Waals surface area contributed by atoms with Crippen molar-refractivity contribution in [2.75, 3.05) is 12.4 Å². The van der Waals surface area contributed by atoms with Gasteiger partial charge < -0.3 is 15.4 Å². The second-order valence-corrected chi connectivity index (χ2v) is 8.13. The molecule has 0 saturated heterocycles. The minimum atomic E-state index is -0.550. The van der Waals surface area contributed by atoms with E-state index in [-0.39, 0.29) is 10.7 Å². The van der Waals surface area contributed by atoms with Crippen molar-refractivity contribution >= 4 is 58.4 Å². The van der Waals surface area contributed by atoms with Gasteiger partial charge in [0, 0.05) is 26.9 Å². The number of nitrogens with one attached hydrogen (secondary N) is 2. The molecule has 0 spiro atoms. The zero-order valence-corrected chi connectivity index (χ0v) is 19.5. The summed E-state index contributed by atoms with van der Waals surface area (Å²) in [4.78, 5) is 25.9. The zero-order valence-electron chi connectivity index (χ0n) is 17.2. The van der Waals surface area contributed by atoms with Crippen molar-refractivity contribution in [3.8, 4) is 5.75 Å². The summed E-state index contributed by atoms with van der Waals surface area (Å²) >= 11 is 18.3. The molecule has 3 rings (SSSR count). The standard InChI is InChI=1S/C24H19Cl3N2O3/c1-14-4-3-5-15(10-14)23(30)29-21(24(31)28-19-8-6-17(25)7-9-19)12-16-11-18(26)13-20(27)22(16)32-2/h3-13H,1-2H3,(H,28,31)(H,29,30). The second-order valence-electron chi connectivity index (χ2n) is 6.85. The topological polar surface area (TPSA) is 67.4 Å². The van der Waals surface area contributed by atoms with Crippen LogP contribution in [0.1, 0.15) is 21.5 Å². The van der Waals surface area contributed by atoms with Crippen LogP contribution in [-0.2, 0) is 4.79 Å². The summed E-state index contributed by atoms with van der Waals surface area (Å²) in [5.74, 6) is -0.678. The maximum atomic E-state index is 13.1. The number of carbonyl (C=O) groups is 2. The van der Waals surface area contributed by atoms with E-state index in [1.165, 1.54) is 19.3 Å². The maximum Gasteiger partial charge on any atom is 0.272 e. The molecule has 0 unspecified atom stereocenters. The van der Waals surface area contributed by atoms with E-state index in [1.807, 2.05) is 13.0 Å². The highest BCUT2D eigenvalue weighted by Gasteiger charge is 2.17. The third-order valence-corrected chi connectivity index (χ3v) is 5.17. The average molecular weight is 490 g/mol. The van der Waals surface area contributed by atoms with Crippen LogP contribution < -0.4 is 15.4 Å². The van der Waals surface area contributed by atoms with E-state index in [1.54, 1.807) is 48.5 Å². The zero-order chi connectivity index (χ0) is 23.3. The van der Waals surface area contributed by atoms with Crippen LogP contribution in [0, 0.1) is 6.92 Å². The number of aryl methyl sites for hydroxylation is 1. The quantitative estimate of drug-likeness (QED) is 0.395. The maximum absolute atomic E-state index is 13.1. The highest BCUT2D eigenvalue weighted by molar-refractivity contribution is 6.36. The monoisotopic (exact) mass is 488 g/mol. The van der Waals surface area contributed by atoms with Gasteiger partial charge in [-0.05, 0) is 61.5 Å². The Morgan fingerprint density at radius 1 is 0.938 bits per heavy atom. The number of halogens is 3. The average Bonchev–Trinajstić information content (AvgIpc) is 2.74. The molecule has 32 heavy (non-hydrogen) atoms. The van der Waals surface area contributed by atoms with E-state index in [0.29, 0.717) is 32.6 Å². The molecule has 2 N–H and O–H groups in total. The van der Waals surface area contributed by atoms with E-state index in [9.17, 15) is 9.59 Å². The Balaban J connectivity index is 2.00. The van der Waals surface area contributed by atoms with Crippen molar-refractivity contribution in [1.82, 2.24) is 5.32 Å². The Labute approximate surface area is 200 Å². The fourth-order valence-corrected chi connectivity index (χ4v) is 3.64. The van der Waals surface area contributed by atoms with Gasteiger partial charge in [0.1, 0.15) is 11.4 Å². The molecular formula is C24H19Cl3N2O3. The van der Waals surface area contributed by atoms with Gasteiger partial charge in [-0.25, -0.2) is 0 Å². The number of hydrogen-bond donors (Lipinski definition) is 2. The Morgan fingerprint density at radius 3 is 2.31 bits per heavy atom. The lowest BCUT2D eigenvalue weighted by atomic mass is 10.1. The van der Waals surface area contributed by atoms with Crippen LogP contribution in [0.4, 0.5) is 5.69 Å². The third kappa shape index (κ3) is 6.04. The van der Waals surface area contributed by atoms with Crippen LogP contribution in [0.15, 0.2) is 66.4 Å². The summed E-state index contributed by atoms with van der Waals surface area (Å²) in [5.41, 5.74) is 2.23. The van der Waals surface area contributed by atoms with Gasteiger partial charge in [-0.1, -0.05) is 52.5 Å². The summed E-state index contributed by atoms with van der Waals surface area (Å²) in [6.45, 7) is 1.87. The van der Waals surface area contributed by atoms with Crippen LogP contribution >= 0.6 is 34.8 Å². The van der Waals surface area contributed by atoms with Crippen LogP contribution in [-0.4, -0.2) is 18.9 Å². The molecule has 3 aromatic carbocycles. The fraction of sp³-hybridized carbons (Fsp3) is 0.0833. The molecule has 0 aliphatic heterocycles. The van der Waals surface area contributed by atoms with Gasteiger partial charge in [0.2, 0.25) is 0 Å². The summed E-state index contributed by atoms with van der Waals surface area (Å²) in [7, 11) is 1.45. The molecule has 164 valence electrons. The first-order valence-electron chi connectivity index (χ1n) is 9.46. The lowest BCUT2D eigenvalue weighted by molar-refractivity contribution is -0.113. The van der Waals surface area contributed by atoms with E-state index in [4.69, 9.17) is 39.5 Å². The molecule has 0 saturated carbocycles. The summed E-state index contributed by atoms with van der Waals surface area (Å²) in [6.07, 6.45) is 1.45. The van der Waals surface area contributed by atoms with Crippen LogP contribution in [0.25, 0.3) is 6.08 Å². The highest BCUT2D eigenvalue weighted by atomic mass is 35.5. The summed E-state index contributed by atoms with van der Waals surface area (Å²) < 4.78 is 5.35. The fourth-order valence-electron chi connectivity index (χ4n) is 2.93. The van der Waals surface area contributed by atoms with Gasteiger partial charge in [-0.3, -0.25) is 9.59 Å². The number of anilines is 1. The van der Waals surface area contributed by atoms with Gasteiger partial charge in [-0.15, -0.1) is 0 Å². The first-order chi connectivity index (χ1) is 15.3. The van der Waals surface area contributed by atoms with E-state index >= 15 is 0 Å². The Hall–Kier alpha value is -2.99. The molecule has 0 aliphatic carbocycles. The summed E-state index contributed by atoms with van der Waals surface area (Å²) in [6, 6.07) is 16.7. The third-order valence-electron chi connectivity index (χ3n) is 4.42. The molecule has 0 radical (unpaired) electrons. The molecule has 0 atom stereocenters. The molecule has 0 aromatic heterocycles. The number of hydrogen-bond acceptors (Lipinski definition) is 3. The number of rotatable bonds is 6. The number of methoxy groups -OCH3 is 1. The SMILES string of the molecule is COc1c(Cl)cc(Cl)cc1C=C(NC(=O)c1cccc(C)c1)C(=O)Nc1ccc(Cl)cc1. The molecule has 0 aliphatic rings. The van der Waals surface area contributed by atoms with Crippen molar-refractivity contribution in [2.45, 2.75) is 6.92 Å². The van der Waals surface area contributed by atoms with E-state index in [2.05, 4.69) is 10.6 Å². The predicted octanol–water partition coefficient (Wildman–Crippen LogP) is 6.37. The van der Waals surface area contributed by atoms with Gasteiger partial charge in [0.25, 0.3) is 11.8 Å². The molecular weight excluding hydrogens is 471 g/mol. The van der Waals surface area contributed by atoms with Crippen molar-refractivity contribution in [2.24, 2.45) is 0 Å². The van der Waals surface area contributed by atoms with Crippen molar-refractivity contribution in [3.63, 3.8) is 0 Å². The Kier molecular flexibility index (Phi) is 7.80. The smallest absolute Gasteiger partial charge is 0.272 e. The van der Waals surface area contributed by atoms with E-state index < -0.39 is 11.8 Å². The molecule has 5 nitrogen and oxygen atoms in total. The molecule has 0 fully saturated rings. The highest BCUT2D eigenvalue weighted by Crippen LogP contribution is 2.33. The number of carbonyl (C=O) groups excluding carboxylic acids is 2. The van der Waals surface area contributed by atoms with Crippen molar-refractivity contribution in [3.05, 3.63) is 98.1 Å². The van der Waals surface area contributed by atoms with Gasteiger partial charge in [-0.2, -0.15) is 0 Å². The Morgan fingerprint density at radius 2 is 1.66 bits per heavy atom. The first kappa shape index (κ1) is 23.7. The number of benzene rings is 3. The second kappa shape index (κ2) is 10.6. The number of amides is 2. The van der Waals surface area contributed by atoms with E-state index in [0.717, 1.165) is 5.56 Å². The summed E-state index contributed by atoms with van der Waals surface area (Å²) in [5, 5.41) is 6.57. The molecule has 8 heteroatoms. The van der Waals surface area contributed by atoms with Crippen LogP contribution in [0.3, 0.4) is 0 Å². The normalized spacial score (nSPS) is 11.1. The largest absolute Gasteiger partial charge is 0.495 e. The van der Waals surface area contributed by atoms with Crippen molar-refractivity contribution in [1.29, 1.82) is 0 Å². The molecule has 0 heterocycles. The minimum Gasteiger partial charge on any atom is -0.495 e. The lowest BCUT2D eigenvalue weighted by Gasteiger charge is -2.13. The van der Waals surface area contributed by atoms with Crippen LogP contribution in [0.2, 0.25) is 15.1 Å². The number of ether oxygens (including phenoxy) is 1. The molecule has 0 bridgehead atoms. The first-order valence-corrected chi connectivity index (χ1v) is 10.6.